The molecule has 1 aliphatic heterocycles. The SMILES string of the molecule is Cc1ccc(CNC(=O)C2CCN(c3ncnc4sc5c(c34)CCC5)CC2)cc1. The summed E-state index contributed by atoms with van der Waals surface area (Å²) < 4.78 is 0. The fraction of sp³-hybridized carbons (Fsp3) is 0.435. The summed E-state index contributed by atoms with van der Waals surface area (Å²) in [6.07, 6.45) is 7.01. The van der Waals surface area contributed by atoms with E-state index in [1.165, 1.54) is 34.2 Å². The number of nitrogens with one attached hydrogen (secondary N) is 1. The maximum atomic E-state index is 12.7. The summed E-state index contributed by atoms with van der Waals surface area (Å²) in [5.74, 6) is 1.34. The third-order valence-corrected chi connectivity index (χ3v) is 7.43. The summed E-state index contributed by atoms with van der Waals surface area (Å²) in [6.45, 7) is 4.43. The topological polar surface area (TPSA) is 58.1 Å². The van der Waals surface area contributed by atoms with Crippen LogP contribution in [0.3, 0.4) is 0 Å². The van der Waals surface area contributed by atoms with Gasteiger partial charge in [0.05, 0.1) is 5.39 Å². The first-order valence-corrected chi connectivity index (χ1v) is 11.3. The van der Waals surface area contributed by atoms with Gasteiger partial charge >= 0.3 is 0 Å². The molecule has 6 heteroatoms. The molecule has 2 aliphatic rings. The predicted octanol–water partition coefficient (Wildman–Crippen LogP) is 4.02. The van der Waals surface area contributed by atoms with Crippen molar-refractivity contribution in [2.45, 2.75) is 45.6 Å². The number of fused-ring (bicyclic) bond motifs is 3. The number of thiophene rings is 1. The fourth-order valence-electron chi connectivity index (χ4n) is 4.54. The Morgan fingerprint density at radius 2 is 1.97 bits per heavy atom. The number of aromatic nitrogens is 2. The van der Waals surface area contributed by atoms with Crippen molar-refractivity contribution in [2.75, 3.05) is 18.0 Å². The highest BCUT2D eigenvalue weighted by Crippen LogP contribution is 2.40. The molecule has 0 unspecified atom stereocenters. The Balaban J connectivity index is 1.23. The summed E-state index contributed by atoms with van der Waals surface area (Å²) in [6, 6.07) is 8.34. The monoisotopic (exact) mass is 406 g/mol. The molecule has 0 spiro atoms. The zero-order chi connectivity index (χ0) is 19.8. The molecule has 1 saturated heterocycles. The average molecular weight is 407 g/mol. The van der Waals surface area contributed by atoms with Crippen molar-refractivity contribution in [2.24, 2.45) is 5.92 Å². The number of rotatable bonds is 4. The molecule has 0 bridgehead atoms. The molecule has 3 heterocycles. The number of anilines is 1. The Labute approximate surface area is 175 Å². The molecule has 5 nitrogen and oxygen atoms in total. The van der Waals surface area contributed by atoms with Gasteiger partial charge in [-0.2, -0.15) is 0 Å². The van der Waals surface area contributed by atoms with Crippen LogP contribution >= 0.6 is 11.3 Å². The molecule has 150 valence electrons. The first-order valence-electron chi connectivity index (χ1n) is 10.5. The van der Waals surface area contributed by atoms with Gasteiger partial charge in [-0.15, -0.1) is 11.3 Å². The van der Waals surface area contributed by atoms with E-state index in [0.29, 0.717) is 6.54 Å². The van der Waals surface area contributed by atoms with Gasteiger partial charge in [-0.3, -0.25) is 4.79 Å². The quantitative estimate of drug-likeness (QED) is 0.711. The first-order chi connectivity index (χ1) is 14.2. The second-order valence-electron chi connectivity index (χ2n) is 8.20. The van der Waals surface area contributed by atoms with Crippen molar-refractivity contribution >= 4 is 33.3 Å². The van der Waals surface area contributed by atoms with E-state index in [1.54, 1.807) is 6.33 Å². The standard InChI is InChI=1S/C23H26N4OS/c1-15-5-7-16(8-6-15)13-24-22(28)17-9-11-27(12-10-17)21-20-18-3-2-4-19(18)29-23(20)26-14-25-21/h5-8,14,17H,2-4,9-13H2,1H3,(H,24,28). The molecule has 2 aromatic heterocycles. The van der Waals surface area contributed by atoms with Gasteiger partial charge in [0.2, 0.25) is 5.91 Å². The van der Waals surface area contributed by atoms with Gasteiger partial charge in [0.1, 0.15) is 17.0 Å². The molecular weight excluding hydrogens is 380 g/mol. The van der Waals surface area contributed by atoms with E-state index >= 15 is 0 Å². The van der Waals surface area contributed by atoms with Gasteiger partial charge in [0.15, 0.2) is 0 Å². The molecule has 0 atom stereocenters. The molecule has 0 radical (unpaired) electrons. The first kappa shape index (κ1) is 18.6. The summed E-state index contributed by atoms with van der Waals surface area (Å²) >= 11 is 1.83. The molecule has 1 aromatic carbocycles. The number of piperidine rings is 1. The average Bonchev–Trinajstić information content (AvgIpc) is 3.34. The molecule has 0 saturated carbocycles. The number of carbonyl (C=O) groups excluding carboxylic acids is 1. The number of nitrogens with zero attached hydrogens (tertiary/aromatic N) is 3. The molecule has 1 fully saturated rings. The number of aryl methyl sites for hydroxylation is 3. The third kappa shape index (κ3) is 3.62. The number of hydrogen-bond donors (Lipinski definition) is 1. The van der Waals surface area contributed by atoms with Gasteiger partial charge in [0, 0.05) is 30.4 Å². The summed E-state index contributed by atoms with van der Waals surface area (Å²) in [4.78, 5) is 26.8. The lowest BCUT2D eigenvalue weighted by Crippen LogP contribution is -2.40. The summed E-state index contributed by atoms with van der Waals surface area (Å²) in [5, 5.41) is 4.39. The van der Waals surface area contributed by atoms with E-state index in [2.05, 4.69) is 51.4 Å². The van der Waals surface area contributed by atoms with Crippen LogP contribution in [-0.4, -0.2) is 29.0 Å². The van der Waals surface area contributed by atoms with Crippen molar-refractivity contribution in [1.29, 1.82) is 0 Å². The highest BCUT2D eigenvalue weighted by Gasteiger charge is 2.28. The van der Waals surface area contributed by atoms with E-state index in [9.17, 15) is 4.79 Å². The van der Waals surface area contributed by atoms with Crippen molar-refractivity contribution in [3.63, 3.8) is 0 Å². The fourth-order valence-corrected chi connectivity index (χ4v) is 5.77. The van der Waals surface area contributed by atoms with Crippen LogP contribution < -0.4 is 10.2 Å². The van der Waals surface area contributed by atoms with E-state index in [4.69, 9.17) is 0 Å². The largest absolute Gasteiger partial charge is 0.356 e. The van der Waals surface area contributed by atoms with Crippen LogP contribution in [0.25, 0.3) is 10.2 Å². The Morgan fingerprint density at radius 1 is 1.17 bits per heavy atom. The predicted molar refractivity (Wildman–Crippen MR) is 117 cm³/mol. The molecule has 3 aromatic rings. The van der Waals surface area contributed by atoms with Crippen molar-refractivity contribution in [3.05, 3.63) is 52.2 Å². The Kier molecular flexibility index (Phi) is 4.96. The minimum absolute atomic E-state index is 0.0854. The van der Waals surface area contributed by atoms with Gasteiger partial charge in [-0.1, -0.05) is 29.8 Å². The lowest BCUT2D eigenvalue weighted by atomic mass is 9.95. The van der Waals surface area contributed by atoms with Gasteiger partial charge < -0.3 is 10.2 Å². The zero-order valence-corrected chi connectivity index (χ0v) is 17.6. The summed E-state index contributed by atoms with van der Waals surface area (Å²) in [5.41, 5.74) is 3.86. The van der Waals surface area contributed by atoms with Crippen molar-refractivity contribution in [3.8, 4) is 0 Å². The number of benzene rings is 1. The second kappa shape index (κ2) is 7.75. The molecule has 1 aliphatic carbocycles. The molecule has 29 heavy (non-hydrogen) atoms. The minimum Gasteiger partial charge on any atom is -0.356 e. The smallest absolute Gasteiger partial charge is 0.223 e. The van der Waals surface area contributed by atoms with E-state index in [1.807, 2.05) is 11.3 Å². The van der Waals surface area contributed by atoms with E-state index in [0.717, 1.165) is 48.6 Å². The third-order valence-electron chi connectivity index (χ3n) is 6.23. The second-order valence-corrected chi connectivity index (χ2v) is 9.28. The number of amides is 1. The van der Waals surface area contributed by atoms with Crippen LogP contribution in [0.2, 0.25) is 0 Å². The molecule has 1 amide bonds. The Morgan fingerprint density at radius 3 is 2.76 bits per heavy atom. The lowest BCUT2D eigenvalue weighted by molar-refractivity contribution is -0.125. The highest BCUT2D eigenvalue weighted by atomic mass is 32.1. The number of hydrogen-bond acceptors (Lipinski definition) is 5. The molecule has 1 N–H and O–H groups in total. The highest BCUT2D eigenvalue weighted by molar-refractivity contribution is 7.19. The van der Waals surface area contributed by atoms with Gasteiger partial charge in [-0.05, 0) is 50.2 Å². The zero-order valence-electron chi connectivity index (χ0n) is 16.8. The maximum Gasteiger partial charge on any atom is 0.223 e. The van der Waals surface area contributed by atoms with Crippen LogP contribution in [0.1, 0.15) is 40.8 Å². The van der Waals surface area contributed by atoms with Crippen LogP contribution in [0.4, 0.5) is 5.82 Å². The Hall–Kier alpha value is -2.47. The normalized spacial score (nSPS) is 16.9. The van der Waals surface area contributed by atoms with Crippen molar-refractivity contribution < 1.29 is 4.79 Å². The lowest BCUT2D eigenvalue weighted by Gasteiger charge is -2.32. The van der Waals surface area contributed by atoms with Gasteiger partial charge in [0.25, 0.3) is 0 Å². The van der Waals surface area contributed by atoms with Crippen LogP contribution in [0.5, 0.6) is 0 Å². The molecular formula is C23H26N4OS. The maximum absolute atomic E-state index is 12.7. The van der Waals surface area contributed by atoms with E-state index < -0.39 is 0 Å². The van der Waals surface area contributed by atoms with Crippen LogP contribution in [0.15, 0.2) is 30.6 Å². The van der Waals surface area contributed by atoms with Crippen LogP contribution in [-0.2, 0) is 24.2 Å². The molecule has 5 rings (SSSR count). The van der Waals surface area contributed by atoms with Crippen molar-refractivity contribution in [1.82, 2.24) is 15.3 Å². The minimum atomic E-state index is 0.0854. The summed E-state index contributed by atoms with van der Waals surface area (Å²) in [7, 11) is 0. The van der Waals surface area contributed by atoms with E-state index in [-0.39, 0.29) is 11.8 Å². The number of carbonyl (C=O) groups is 1. The van der Waals surface area contributed by atoms with Gasteiger partial charge in [-0.25, -0.2) is 9.97 Å². The van der Waals surface area contributed by atoms with Crippen LogP contribution in [0, 0.1) is 12.8 Å². The Bertz CT molecular complexity index is 1030.